The molecule has 0 amide bonds. The Balaban J connectivity index is 1.99. The topological polar surface area (TPSA) is 75.6 Å². The molecule has 2 rings (SSSR count). The number of carboxylic acids is 1. The third-order valence-electron chi connectivity index (χ3n) is 2.41. The second-order valence-corrected chi connectivity index (χ2v) is 6.74. The normalized spacial score (nSPS) is 18.9. The number of aliphatic carboxylic acids is 1. The van der Waals surface area contributed by atoms with Gasteiger partial charge in [0.2, 0.25) is 5.13 Å². The quantitative estimate of drug-likeness (QED) is 0.838. The Labute approximate surface area is 113 Å². The van der Waals surface area contributed by atoms with Gasteiger partial charge in [-0.05, 0) is 13.8 Å². The molecule has 0 radical (unpaired) electrons. The smallest absolute Gasteiger partial charge is 0.313 e. The Bertz CT molecular complexity index is 436. The zero-order chi connectivity index (χ0) is 13.2. The lowest BCUT2D eigenvalue weighted by molar-refractivity contribution is -0.133. The Morgan fingerprint density at radius 3 is 3.06 bits per heavy atom. The minimum Gasteiger partial charge on any atom is -0.481 e. The molecule has 0 spiro atoms. The van der Waals surface area contributed by atoms with Gasteiger partial charge in [0.25, 0.3) is 0 Å². The number of thioether (sulfide) groups is 1. The summed E-state index contributed by atoms with van der Waals surface area (Å²) in [6.07, 6.45) is 0. The van der Waals surface area contributed by atoms with Crippen LogP contribution in [0.25, 0.3) is 0 Å². The highest BCUT2D eigenvalue weighted by molar-refractivity contribution is 8.01. The first-order valence-corrected chi connectivity index (χ1v) is 7.33. The zero-order valence-electron chi connectivity index (χ0n) is 10.3. The largest absolute Gasteiger partial charge is 0.481 e. The van der Waals surface area contributed by atoms with E-state index in [9.17, 15) is 4.79 Å². The standard InChI is InChI=1S/C10H15N3O3S2/c1-10(2)6-13(3-4-16-10)8-11-12-9(18-8)17-5-7(14)15/h3-6H2,1-2H3,(H,14,15). The van der Waals surface area contributed by atoms with E-state index in [0.717, 1.165) is 18.2 Å². The molecule has 18 heavy (non-hydrogen) atoms. The lowest BCUT2D eigenvalue weighted by Crippen LogP contribution is -2.48. The molecule has 0 saturated carbocycles. The highest BCUT2D eigenvalue weighted by atomic mass is 32.2. The summed E-state index contributed by atoms with van der Waals surface area (Å²) in [5.74, 6) is -0.826. The second kappa shape index (κ2) is 5.41. The van der Waals surface area contributed by atoms with Gasteiger partial charge in [-0.3, -0.25) is 4.79 Å². The van der Waals surface area contributed by atoms with Gasteiger partial charge in [-0.2, -0.15) is 0 Å². The van der Waals surface area contributed by atoms with Gasteiger partial charge in [0.05, 0.1) is 18.0 Å². The molecule has 1 aromatic rings. The van der Waals surface area contributed by atoms with Crippen molar-refractivity contribution < 1.29 is 14.6 Å². The number of hydrogen-bond acceptors (Lipinski definition) is 7. The molecule has 0 bridgehead atoms. The summed E-state index contributed by atoms with van der Waals surface area (Å²) in [6.45, 7) is 6.32. The first-order valence-electron chi connectivity index (χ1n) is 5.53. The highest BCUT2D eigenvalue weighted by Gasteiger charge is 2.29. The minimum atomic E-state index is -0.843. The maximum atomic E-state index is 10.5. The molecule has 0 aliphatic carbocycles. The Morgan fingerprint density at radius 2 is 2.39 bits per heavy atom. The summed E-state index contributed by atoms with van der Waals surface area (Å²) in [5.41, 5.74) is -0.182. The van der Waals surface area contributed by atoms with E-state index in [2.05, 4.69) is 15.1 Å². The SMILES string of the molecule is CC1(C)CN(c2nnc(SCC(=O)O)s2)CCO1. The summed E-state index contributed by atoms with van der Waals surface area (Å²) in [5, 5.41) is 17.5. The van der Waals surface area contributed by atoms with Gasteiger partial charge in [-0.25, -0.2) is 0 Å². The van der Waals surface area contributed by atoms with Gasteiger partial charge in [0.1, 0.15) is 0 Å². The molecular formula is C10H15N3O3S2. The summed E-state index contributed by atoms with van der Waals surface area (Å²) in [4.78, 5) is 12.6. The third kappa shape index (κ3) is 3.56. The lowest BCUT2D eigenvalue weighted by atomic mass is 10.1. The first kappa shape index (κ1) is 13.6. The minimum absolute atomic E-state index is 0.0171. The molecule has 100 valence electrons. The van der Waals surface area contributed by atoms with Crippen LogP contribution in [0.2, 0.25) is 0 Å². The average Bonchev–Trinajstić information content (AvgIpc) is 2.73. The number of morpholine rings is 1. The molecule has 0 atom stereocenters. The molecule has 1 aromatic heterocycles. The summed E-state index contributed by atoms with van der Waals surface area (Å²) in [7, 11) is 0. The first-order chi connectivity index (χ1) is 8.46. The zero-order valence-corrected chi connectivity index (χ0v) is 11.9. The lowest BCUT2D eigenvalue weighted by Gasteiger charge is -2.37. The molecule has 1 fully saturated rings. The van der Waals surface area contributed by atoms with Crippen LogP contribution in [0.3, 0.4) is 0 Å². The Kier molecular flexibility index (Phi) is 4.08. The molecule has 1 saturated heterocycles. The van der Waals surface area contributed by atoms with E-state index in [1.165, 1.54) is 23.1 Å². The highest BCUT2D eigenvalue weighted by Crippen LogP contribution is 2.30. The van der Waals surface area contributed by atoms with Crippen LogP contribution < -0.4 is 4.90 Å². The molecule has 0 aromatic carbocycles. The van der Waals surface area contributed by atoms with Gasteiger partial charge in [-0.15, -0.1) is 10.2 Å². The molecule has 8 heteroatoms. The Hall–Kier alpha value is -0.860. The van der Waals surface area contributed by atoms with Crippen molar-refractivity contribution in [3.63, 3.8) is 0 Å². The molecule has 1 N–H and O–H groups in total. The number of carbonyl (C=O) groups is 1. The summed E-state index contributed by atoms with van der Waals surface area (Å²) in [6, 6.07) is 0. The van der Waals surface area contributed by atoms with Gasteiger partial charge < -0.3 is 14.7 Å². The van der Waals surface area contributed by atoms with E-state index in [-0.39, 0.29) is 11.4 Å². The van der Waals surface area contributed by atoms with Crippen LogP contribution in [0.5, 0.6) is 0 Å². The van der Waals surface area contributed by atoms with Crippen molar-refractivity contribution in [3.05, 3.63) is 0 Å². The molecular weight excluding hydrogens is 274 g/mol. The summed E-state index contributed by atoms with van der Waals surface area (Å²) < 4.78 is 6.33. The predicted molar refractivity (Wildman–Crippen MR) is 70.5 cm³/mol. The van der Waals surface area contributed by atoms with E-state index in [1.54, 1.807) is 0 Å². The monoisotopic (exact) mass is 289 g/mol. The molecule has 1 aliphatic rings. The van der Waals surface area contributed by atoms with Crippen LogP contribution in [-0.4, -0.2) is 52.3 Å². The van der Waals surface area contributed by atoms with Crippen LogP contribution >= 0.6 is 23.1 Å². The van der Waals surface area contributed by atoms with Gasteiger partial charge >= 0.3 is 5.97 Å². The fourth-order valence-corrected chi connectivity index (χ4v) is 3.28. The van der Waals surface area contributed by atoms with Crippen LogP contribution in [0, 0.1) is 0 Å². The van der Waals surface area contributed by atoms with Gasteiger partial charge in [-0.1, -0.05) is 23.1 Å². The van der Waals surface area contributed by atoms with Crippen molar-refractivity contribution in [1.29, 1.82) is 0 Å². The molecule has 2 heterocycles. The number of aromatic nitrogens is 2. The van der Waals surface area contributed by atoms with Crippen molar-refractivity contribution >= 4 is 34.2 Å². The van der Waals surface area contributed by atoms with Crippen LogP contribution in [0.1, 0.15) is 13.8 Å². The van der Waals surface area contributed by atoms with Gasteiger partial charge in [0.15, 0.2) is 4.34 Å². The van der Waals surface area contributed by atoms with E-state index in [4.69, 9.17) is 9.84 Å². The molecule has 0 unspecified atom stereocenters. The van der Waals surface area contributed by atoms with Crippen LogP contribution in [-0.2, 0) is 9.53 Å². The van der Waals surface area contributed by atoms with Crippen molar-refractivity contribution in [1.82, 2.24) is 10.2 Å². The van der Waals surface area contributed by atoms with Crippen molar-refractivity contribution in [2.24, 2.45) is 0 Å². The fourth-order valence-electron chi connectivity index (χ4n) is 1.69. The molecule has 6 nitrogen and oxygen atoms in total. The summed E-state index contributed by atoms with van der Waals surface area (Å²) >= 11 is 2.63. The number of carboxylic acid groups (broad SMARTS) is 1. The third-order valence-corrected chi connectivity index (χ3v) is 4.51. The number of ether oxygens (including phenoxy) is 1. The van der Waals surface area contributed by atoms with Crippen molar-refractivity contribution in [2.75, 3.05) is 30.3 Å². The van der Waals surface area contributed by atoms with Crippen molar-refractivity contribution in [3.8, 4) is 0 Å². The number of rotatable bonds is 4. The number of nitrogens with zero attached hydrogens (tertiary/aromatic N) is 3. The van der Waals surface area contributed by atoms with E-state index in [1.807, 2.05) is 13.8 Å². The predicted octanol–water partition coefficient (Wildman–Crippen LogP) is 1.33. The van der Waals surface area contributed by atoms with Gasteiger partial charge in [0, 0.05) is 13.1 Å². The second-order valence-electron chi connectivity index (χ2n) is 4.56. The Morgan fingerprint density at radius 1 is 1.61 bits per heavy atom. The number of anilines is 1. The van der Waals surface area contributed by atoms with E-state index in [0.29, 0.717) is 10.9 Å². The van der Waals surface area contributed by atoms with Crippen LogP contribution in [0.4, 0.5) is 5.13 Å². The van der Waals surface area contributed by atoms with Crippen LogP contribution in [0.15, 0.2) is 4.34 Å². The maximum absolute atomic E-state index is 10.5. The van der Waals surface area contributed by atoms with E-state index >= 15 is 0 Å². The maximum Gasteiger partial charge on any atom is 0.313 e. The van der Waals surface area contributed by atoms with E-state index < -0.39 is 5.97 Å². The fraction of sp³-hybridized carbons (Fsp3) is 0.700. The number of hydrogen-bond donors (Lipinski definition) is 1. The molecule has 1 aliphatic heterocycles. The van der Waals surface area contributed by atoms with Crippen molar-refractivity contribution in [2.45, 2.75) is 23.8 Å². The average molecular weight is 289 g/mol.